The van der Waals surface area contributed by atoms with Crippen LogP contribution in [0.25, 0.3) is 16.6 Å². The first-order valence-corrected chi connectivity index (χ1v) is 8.28. The van der Waals surface area contributed by atoms with E-state index in [4.69, 9.17) is 0 Å². The third-order valence-corrected chi connectivity index (χ3v) is 4.56. The highest BCUT2D eigenvalue weighted by Crippen LogP contribution is 2.22. The van der Waals surface area contributed by atoms with E-state index in [1.165, 1.54) is 42.5 Å². The maximum atomic E-state index is 4.21. The zero-order valence-electron chi connectivity index (χ0n) is 13.2. The van der Waals surface area contributed by atoms with E-state index in [0.717, 1.165) is 25.2 Å². The van der Waals surface area contributed by atoms with Gasteiger partial charge in [-0.25, -0.2) is 9.67 Å². The van der Waals surface area contributed by atoms with Gasteiger partial charge < -0.3 is 15.2 Å². The fourth-order valence-electron chi connectivity index (χ4n) is 3.29. The van der Waals surface area contributed by atoms with Crippen LogP contribution in [0.3, 0.4) is 0 Å². The molecule has 1 aromatic carbocycles. The number of hydrogen-bond donors (Lipinski definition) is 2. The Kier molecular flexibility index (Phi) is 4.08. The minimum absolute atomic E-state index is 1.05. The van der Waals surface area contributed by atoms with Crippen LogP contribution >= 0.6 is 0 Å². The van der Waals surface area contributed by atoms with Gasteiger partial charge in [0.1, 0.15) is 12.7 Å². The van der Waals surface area contributed by atoms with E-state index in [1.54, 1.807) is 17.3 Å². The summed E-state index contributed by atoms with van der Waals surface area (Å²) in [7, 11) is 0. The van der Waals surface area contributed by atoms with Crippen LogP contribution in [-0.2, 0) is 6.42 Å². The SMILES string of the molecule is c1ncn(-c2ccc3[nH]cc(CCCN4CCNCC4)c3c2)n1. The molecule has 0 bridgehead atoms. The average molecular weight is 310 g/mol. The van der Waals surface area contributed by atoms with E-state index >= 15 is 0 Å². The summed E-state index contributed by atoms with van der Waals surface area (Å²) in [5, 5.41) is 8.91. The molecule has 120 valence electrons. The van der Waals surface area contributed by atoms with Crippen molar-refractivity contribution in [2.24, 2.45) is 0 Å². The summed E-state index contributed by atoms with van der Waals surface area (Å²) in [4.78, 5) is 9.95. The average Bonchev–Trinajstić information content (AvgIpc) is 3.25. The van der Waals surface area contributed by atoms with Crippen molar-refractivity contribution in [1.29, 1.82) is 0 Å². The van der Waals surface area contributed by atoms with E-state index in [-0.39, 0.29) is 0 Å². The van der Waals surface area contributed by atoms with Crippen molar-refractivity contribution in [3.8, 4) is 5.69 Å². The van der Waals surface area contributed by atoms with Crippen LogP contribution in [0, 0.1) is 0 Å². The molecule has 4 rings (SSSR count). The second-order valence-corrected chi connectivity index (χ2v) is 6.08. The lowest BCUT2D eigenvalue weighted by atomic mass is 10.1. The van der Waals surface area contributed by atoms with Crippen LogP contribution in [-0.4, -0.2) is 57.4 Å². The molecule has 3 aromatic rings. The molecule has 1 saturated heterocycles. The molecule has 1 fully saturated rings. The summed E-state index contributed by atoms with van der Waals surface area (Å²) in [5.74, 6) is 0. The van der Waals surface area contributed by atoms with Gasteiger partial charge in [0.05, 0.1) is 5.69 Å². The monoisotopic (exact) mass is 310 g/mol. The van der Waals surface area contributed by atoms with Gasteiger partial charge >= 0.3 is 0 Å². The highest BCUT2D eigenvalue weighted by Gasteiger charge is 2.10. The summed E-state index contributed by atoms with van der Waals surface area (Å²) < 4.78 is 1.80. The highest BCUT2D eigenvalue weighted by atomic mass is 15.3. The topological polar surface area (TPSA) is 61.8 Å². The zero-order valence-corrected chi connectivity index (χ0v) is 13.2. The summed E-state index contributed by atoms with van der Waals surface area (Å²) in [6.07, 6.45) is 7.74. The molecule has 0 unspecified atom stereocenters. The van der Waals surface area contributed by atoms with Crippen molar-refractivity contribution in [1.82, 2.24) is 30.0 Å². The van der Waals surface area contributed by atoms with Gasteiger partial charge in [0, 0.05) is 43.3 Å². The normalized spacial score (nSPS) is 16.2. The van der Waals surface area contributed by atoms with Crippen LogP contribution in [0.5, 0.6) is 0 Å². The van der Waals surface area contributed by atoms with E-state index in [2.05, 4.69) is 49.7 Å². The van der Waals surface area contributed by atoms with Gasteiger partial charge in [-0.2, -0.15) is 5.10 Å². The first-order valence-electron chi connectivity index (χ1n) is 8.28. The lowest BCUT2D eigenvalue weighted by molar-refractivity contribution is 0.238. The molecule has 1 aliphatic rings. The first kappa shape index (κ1) is 14.4. The minimum Gasteiger partial charge on any atom is -0.361 e. The number of benzene rings is 1. The molecule has 6 nitrogen and oxygen atoms in total. The highest BCUT2D eigenvalue weighted by molar-refractivity contribution is 5.85. The Morgan fingerprint density at radius 2 is 2.09 bits per heavy atom. The van der Waals surface area contributed by atoms with Crippen molar-refractivity contribution >= 4 is 10.9 Å². The summed E-state index contributed by atoms with van der Waals surface area (Å²) in [6.45, 7) is 5.76. The third-order valence-electron chi connectivity index (χ3n) is 4.56. The van der Waals surface area contributed by atoms with Gasteiger partial charge in [-0.15, -0.1) is 0 Å². The van der Waals surface area contributed by atoms with Crippen molar-refractivity contribution in [2.75, 3.05) is 32.7 Å². The van der Waals surface area contributed by atoms with E-state index in [9.17, 15) is 0 Å². The number of piperazine rings is 1. The minimum atomic E-state index is 1.05. The second-order valence-electron chi connectivity index (χ2n) is 6.08. The molecule has 0 saturated carbocycles. The molecule has 6 heteroatoms. The predicted molar refractivity (Wildman–Crippen MR) is 90.8 cm³/mol. The third kappa shape index (κ3) is 3.13. The number of hydrogen-bond acceptors (Lipinski definition) is 4. The molecule has 0 aliphatic carbocycles. The molecule has 0 spiro atoms. The summed E-state index contributed by atoms with van der Waals surface area (Å²) >= 11 is 0. The Balaban J connectivity index is 1.47. The molecule has 1 aliphatic heterocycles. The predicted octanol–water partition coefficient (Wildman–Crippen LogP) is 1.59. The number of rotatable bonds is 5. The molecule has 23 heavy (non-hydrogen) atoms. The Hall–Kier alpha value is -2.18. The van der Waals surface area contributed by atoms with Crippen LogP contribution in [0.4, 0.5) is 0 Å². The standard InChI is InChI=1S/C17H22N6/c1(7-22-8-5-18-6-9-22)2-14-11-20-17-4-3-15(10-16(14)17)23-13-19-12-21-23/h3-4,10-13,18,20H,1-2,5-9H2. The number of fused-ring (bicyclic) bond motifs is 1. The molecule has 2 N–H and O–H groups in total. The molecular weight excluding hydrogens is 288 g/mol. The number of aromatic amines is 1. The fraction of sp³-hybridized carbons (Fsp3) is 0.412. The lowest BCUT2D eigenvalue weighted by Gasteiger charge is -2.26. The Bertz CT molecular complexity index is 755. The Morgan fingerprint density at radius 3 is 2.91 bits per heavy atom. The maximum absolute atomic E-state index is 4.21. The Morgan fingerprint density at radius 1 is 1.17 bits per heavy atom. The lowest BCUT2D eigenvalue weighted by Crippen LogP contribution is -2.43. The fourth-order valence-corrected chi connectivity index (χ4v) is 3.29. The number of nitrogens with one attached hydrogen (secondary N) is 2. The summed E-state index contributed by atoms with van der Waals surface area (Å²) in [6, 6.07) is 6.38. The Labute approximate surface area is 135 Å². The number of H-pyrrole nitrogens is 1. The van der Waals surface area contributed by atoms with Gasteiger partial charge in [0.2, 0.25) is 0 Å². The van der Waals surface area contributed by atoms with Crippen molar-refractivity contribution in [2.45, 2.75) is 12.8 Å². The van der Waals surface area contributed by atoms with Gasteiger partial charge in [0.25, 0.3) is 0 Å². The second kappa shape index (κ2) is 6.52. The molecule has 0 radical (unpaired) electrons. The van der Waals surface area contributed by atoms with E-state index in [1.807, 2.05) is 0 Å². The molecule has 0 atom stereocenters. The largest absolute Gasteiger partial charge is 0.361 e. The number of aryl methyl sites for hydroxylation is 1. The quantitative estimate of drug-likeness (QED) is 0.751. The molecule has 2 aromatic heterocycles. The molecule has 0 amide bonds. The van der Waals surface area contributed by atoms with Crippen molar-refractivity contribution in [3.63, 3.8) is 0 Å². The van der Waals surface area contributed by atoms with Crippen LogP contribution < -0.4 is 5.32 Å². The number of aromatic nitrogens is 4. The molecule has 3 heterocycles. The summed E-state index contributed by atoms with van der Waals surface area (Å²) in [5.41, 5.74) is 3.63. The van der Waals surface area contributed by atoms with Crippen LogP contribution in [0.15, 0.2) is 37.1 Å². The van der Waals surface area contributed by atoms with Gasteiger partial charge in [-0.3, -0.25) is 0 Å². The smallest absolute Gasteiger partial charge is 0.138 e. The van der Waals surface area contributed by atoms with Crippen molar-refractivity contribution < 1.29 is 0 Å². The van der Waals surface area contributed by atoms with Gasteiger partial charge in [-0.05, 0) is 43.1 Å². The van der Waals surface area contributed by atoms with E-state index in [0.29, 0.717) is 0 Å². The van der Waals surface area contributed by atoms with Crippen LogP contribution in [0.1, 0.15) is 12.0 Å². The van der Waals surface area contributed by atoms with Gasteiger partial charge in [0.15, 0.2) is 0 Å². The number of nitrogens with zero attached hydrogens (tertiary/aromatic N) is 4. The van der Waals surface area contributed by atoms with Crippen molar-refractivity contribution in [3.05, 3.63) is 42.6 Å². The van der Waals surface area contributed by atoms with E-state index < -0.39 is 0 Å². The zero-order chi connectivity index (χ0) is 15.5. The van der Waals surface area contributed by atoms with Crippen LogP contribution in [0.2, 0.25) is 0 Å². The first-order chi connectivity index (χ1) is 11.4. The maximum Gasteiger partial charge on any atom is 0.138 e. The van der Waals surface area contributed by atoms with Gasteiger partial charge in [-0.1, -0.05) is 0 Å². The molecular formula is C17H22N6.